The molecule has 1 amide bonds. The molecule has 0 aromatic heterocycles. The zero-order chi connectivity index (χ0) is 20.1. The second kappa shape index (κ2) is 9.11. The van der Waals surface area contributed by atoms with Gasteiger partial charge in [-0.25, -0.2) is 0 Å². The molecule has 1 heterocycles. The molecule has 0 spiro atoms. The molecular formula is C23H31N3O2. The first-order valence-electron chi connectivity index (χ1n) is 9.96. The van der Waals surface area contributed by atoms with E-state index in [0.29, 0.717) is 6.54 Å². The van der Waals surface area contributed by atoms with Crippen LogP contribution in [-0.4, -0.2) is 50.1 Å². The predicted octanol–water partition coefficient (Wildman–Crippen LogP) is 3.14. The van der Waals surface area contributed by atoms with Crippen molar-refractivity contribution in [1.29, 1.82) is 0 Å². The third kappa shape index (κ3) is 5.26. The Balaban J connectivity index is 1.49. The van der Waals surface area contributed by atoms with Gasteiger partial charge < -0.3 is 19.9 Å². The third-order valence-electron chi connectivity index (χ3n) is 5.43. The lowest BCUT2D eigenvalue weighted by Crippen LogP contribution is -2.44. The Hall–Kier alpha value is -2.53. The van der Waals surface area contributed by atoms with Crippen LogP contribution < -0.4 is 15.0 Å². The van der Waals surface area contributed by atoms with E-state index in [1.54, 1.807) is 6.92 Å². The second-order valence-electron chi connectivity index (χ2n) is 7.68. The van der Waals surface area contributed by atoms with E-state index in [1.165, 1.54) is 11.3 Å². The van der Waals surface area contributed by atoms with E-state index in [0.717, 1.165) is 43.1 Å². The number of aryl methyl sites for hydroxylation is 2. The van der Waals surface area contributed by atoms with E-state index in [-0.39, 0.29) is 5.91 Å². The number of amides is 1. The molecule has 0 bridgehead atoms. The fourth-order valence-corrected chi connectivity index (χ4v) is 3.27. The van der Waals surface area contributed by atoms with Gasteiger partial charge in [-0.2, -0.15) is 0 Å². The number of carbonyl (C=O) groups excluding carboxylic acids is 1. The summed E-state index contributed by atoms with van der Waals surface area (Å²) < 4.78 is 5.78. The van der Waals surface area contributed by atoms with E-state index in [9.17, 15) is 4.79 Å². The topological polar surface area (TPSA) is 44.8 Å². The van der Waals surface area contributed by atoms with Crippen molar-refractivity contribution in [3.63, 3.8) is 0 Å². The molecule has 1 saturated heterocycles. The van der Waals surface area contributed by atoms with E-state index >= 15 is 0 Å². The summed E-state index contributed by atoms with van der Waals surface area (Å²) in [7, 11) is 2.16. The van der Waals surface area contributed by atoms with Crippen molar-refractivity contribution in [2.24, 2.45) is 0 Å². The Morgan fingerprint density at radius 3 is 2.36 bits per heavy atom. The zero-order valence-electron chi connectivity index (χ0n) is 17.4. The van der Waals surface area contributed by atoms with Crippen molar-refractivity contribution < 1.29 is 9.53 Å². The van der Waals surface area contributed by atoms with Crippen molar-refractivity contribution in [1.82, 2.24) is 10.2 Å². The van der Waals surface area contributed by atoms with Gasteiger partial charge in [0.1, 0.15) is 5.75 Å². The summed E-state index contributed by atoms with van der Waals surface area (Å²) in [5.74, 6) is 0.614. The number of rotatable bonds is 6. The van der Waals surface area contributed by atoms with E-state index in [4.69, 9.17) is 4.74 Å². The maximum atomic E-state index is 12.4. The summed E-state index contributed by atoms with van der Waals surface area (Å²) in [5, 5.41) is 2.97. The molecular weight excluding hydrogens is 350 g/mol. The van der Waals surface area contributed by atoms with Crippen LogP contribution in [0.3, 0.4) is 0 Å². The molecule has 150 valence electrons. The average Bonchev–Trinajstić information content (AvgIpc) is 2.70. The number of anilines is 1. The van der Waals surface area contributed by atoms with Crippen molar-refractivity contribution in [3.8, 4) is 5.75 Å². The first-order valence-corrected chi connectivity index (χ1v) is 9.96. The van der Waals surface area contributed by atoms with Crippen LogP contribution in [0, 0.1) is 13.8 Å². The van der Waals surface area contributed by atoms with Gasteiger partial charge in [0.15, 0.2) is 6.10 Å². The molecule has 1 atom stereocenters. The number of ether oxygens (including phenoxy) is 1. The summed E-state index contributed by atoms with van der Waals surface area (Å²) in [6, 6.07) is 14.3. The molecule has 0 aliphatic carbocycles. The Morgan fingerprint density at radius 2 is 1.71 bits per heavy atom. The molecule has 3 rings (SSSR count). The van der Waals surface area contributed by atoms with Crippen molar-refractivity contribution in [2.75, 3.05) is 38.1 Å². The molecule has 0 saturated carbocycles. The number of hydrogen-bond donors (Lipinski definition) is 1. The highest BCUT2D eigenvalue weighted by atomic mass is 16.5. The van der Waals surface area contributed by atoms with Gasteiger partial charge in [0.25, 0.3) is 5.91 Å². The van der Waals surface area contributed by atoms with E-state index < -0.39 is 6.10 Å². The fourth-order valence-electron chi connectivity index (χ4n) is 3.27. The van der Waals surface area contributed by atoms with Gasteiger partial charge in [0, 0.05) is 38.4 Å². The Labute approximate surface area is 168 Å². The third-order valence-corrected chi connectivity index (χ3v) is 5.43. The lowest BCUT2D eigenvalue weighted by atomic mass is 10.1. The first kappa shape index (κ1) is 20.2. The summed E-state index contributed by atoms with van der Waals surface area (Å²) in [4.78, 5) is 17.1. The minimum atomic E-state index is -0.535. The predicted molar refractivity (Wildman–Crippen MR) is 114 cm³/mol. The maximum absolute atomic E-state index is 12.4. The molecule has 5 heteroatoms. The lowest BCUT2D eigenvalue weighted by molar-refractivity contribution is -0.127. The van der Waals surface area contributed by atoms with Crippen LogP contribution in [0.15, 0.2) is 42.5 Å². The quantitative estimate of drug-likeness (QED) is 0.835. The van der Waals surface area contributed by atoms with Crippen LogP contribution in [0.25, 0.3) is 0 Å². The Kier molecular flexibility index (Phi) is 6.57. The highest BCUT2D eigenvalue weighted by molar-refractivity contribution is 5.80. The Morgan fingerprint density at radius 1 is 1.04 bits per heavy atom. The fraction of sp³-hybridized carbons (Fsp3) is 0.435. The molecule has 1 fully saturated rings. The average molecular weight is 382 g/mol. The zero-order valence-corrected chi connectivity index (χ0v) is 17.4. The molecule has 2 aromatic carbocycles. The summed E-state index contributed by atoms with van der Waals surface area (Å²) in [6.45, 7) is 10.7. The lowest BCUT2D eigenvalue weighted by Gasteiger charge is -2.34. The molecule has 0 unspecified atom stereocenters. The van der Waals surface area contributed by atoms with Crippen LogP contribution in [-0.2, 0) is 11.3 Å². The number of likely N-dealkylation sites (N-methyl/N-ethyl adjacent to an activating group) is 1. The first-order chi connectivity index (χ1) is 13.4. The molecule has 5 nitrogen and oxygen atoms in total. The number of hydrogen-bond acceptors (Lipinski definition) is 4. The molecule has 28 heavy (non-hydrogen) atoms. The second-order valence-corrected chi connectivity index (χ2v) is 7.68. The Bertz CT molecular complexity index is 796. The largest absolute Gasteiger partial charge is 0.481 e. The number of nitrogens with one attached hydrogen (secondary N) is 1. The molecule has 2 aromatic rings. The minimum absolute atomic E-state index is 0.110. The van der Waals surface area contributed by atoms with Gasteiger partial charge in [0.2, 0.25) is 0 Å². The van der Waals surface area contributed by atoms with E-state index in [2.05, 4.69) is 53.4 Å². The van der Waals surface area contributed by atoms with Crippen molar-refractivity contribution in [2.45, 2.75) is 33.4 Å². The smallest absolute Gasteiger partial charge is 0.261 e. The highest BCUT2D eigenvalue weighted by Gasteiger charge is 2.16. The highest BCUT2D eigenvalue weighted by Crippen LogP contribution is 2.19. The summed E-state index contributed by atoms with van der Waals surface area (Å²) in [6.07, 6.45) is -0.535. The normalized spacial score (nSPS) is 15.9. The maximum Gasteiger partial charge on any atom is 0.261 e. The van der Waals surface area contributed by atoms with Crippen molar-refractivity contribution >= 4 is 11.6 Å². The van der Waals surface area contributed by atoms with Crippen LogP contribution >= 0.6 is 0 Å². The molecule has 1 aliphatic heterocycles. The SMILES string of the molecule is Cc1ccc(O[C@H](C)C(=O)NCc2ccc(N3CCN(C)CC3)cc2)cc1C. The van der Waals surface area contributed by atoms with Crippen LogP contribution in [0.2, 0.25) is 0 Å². The summed E-state index contributed by atoms with van der Waals surface area (Å²) >= 11 is 0. The van der Waals surface area contributed by atoms with Gasteiger partial charge in [-0.05, 0) is 68.8 Å². The standard InChI is InChI=1S/C23H31N3O2/c1-17-5-10-22(15-18(17)2)28-19(3)23(27)24-16-20-6-8-21(9-7-20)26-13-11-25(4)12-14-26/h5-10,15,19H,11-14,16H2,1-4H3,(H,24,27)/t19-/m1/s1. The molecule has 1 N–H and O–H groups in total. The van der Waals surface area contributed by atoms with Gasteiger partial charge in [-0.1, -0.05) is 18.2 Å². The number of benzene rings is 2. The van der Waals surface area contributed by atoms with E-state index in [1.807, 2.05) is 25.1 Å². The summed E-state index contributed by atoms with van der Waals surface area (Å²) in [5.41, 5.74) is 4.70. The monoisotopic (exact) mass is 381 g/mol. The van der Waals surface area contributed by atoms with Gasteiger partial charge >= 0.3 is 0 Å². The van der Waals surface area contributed by atoms with Gasteiger partial charge in [0.05, 0.1) is 0 Å². The van der Waals surface area contributed by atoms with Crippen LogP contribution in [0.4, 0.5) is 5.69 Å². The van der Waals surface area contributed by atoms with Crippen molar-refractivity contribution in [3.05, 3.63) is 59.2 Å². The minimum Gasteiger partial charge on any atom is -0.481 e. The molecule has 0 radical (unpaired) electrons. The van der Waals surface area contributed by atoms with Crippen LogP contribution in [0.1, 0.15) is 23.6 Å². The number of nitrogens with zero attached hydrogens (tertiary/aromatic N) is 2. The number of piperazine rings is 1. The van der Waals surface area contributed by atoms with Gasteiger partial charge in [-0.15, -0.1) is 0 Å². The number of carbonyl (C=O) groups is 1. The van der Waals surface area contributed by atoms with Crippen LogP contribution in [0.5, 0.6) is 5.75 Å². The molecule has 1 aliphatic rings. The van der Waals surface area contributed by atoms with Gasteiger partial charge in [-0.3, -0.25) is 4.79 Å².